The number of amides is 1. The molecule has 0 bridgehead atoms. The lowest BCUT2D eigenvalue weighted by Gasteiger charge is -2.07. The molecule has 0 unspecified atom stereocenters. The molecule has 0 radical (unpaired) electrons. The van der Waals surface area contributed by atoms with E-state index in [4.69, 9.17) is 26.0 Å². The number of hydrogen-bond acceptors (Lipinski definition) is 5. The maximum atomic E-state index is 14.0. The highest BCUT2D eigenvalue weighted by Crippen LogP contribution is 2.33. The number of nitrogens with one attached hydrogen (secondary N) is 1. The molecule has 2 N–H and O–H groups in total. The maximum Gasteiger partial charge on any atom is 0.329 e. The Kier molecular flexibility index (Phi) is 5.88. The number of nitrogens with zero attached hydrogens (tertiary/aromatic N) is 1. The van der Waals surface area contributed by atoms with Crippen molar-refractivity contribution < 1.29 is 28.3 Å². The number of carboxylic acid groups (broad SMARTS) is 1. The van der Waals surface area contributed by atoms with Gasteiger partial charge in [-0.1, -0.05) is 22.8 Å². The van der Waals surface area contributed by atoms with Gasteiger partial charge in [0.2, 0.25) is 0 Å². The first kappa shape index (κ1) is 17.9. The highest BCUT2D eigenvalue weighted by Gasteiger charge is 2.25. The zero-order valence-electron chi connectivity index (χ0n) is 12.6. The Morgan fingerprint density at radius 3 is 2.88 bits per heavy atom. The number of rotatable bonds is 7. The third-order valence-corrected chi connectivity index (χ3v) is 3.36. The highest BCUT2D eigenvalue weighted by molar-refractivity contribution is 6.33. The lowest BCUT2D eigenvalue weighted by Crippen LogP contribution is -2.28. The lowest BCUT2D eigenvalue weighted by atomic mass is 10.0. The number of carbonyl (C=O) groups is 2. The minimum Gasteiger partial charge on any atom is -0.480 e. The zero-order valence-corrected chi connectivity index (χ0v) is 13.4. The molecule has 0 fully saturated rings. The normalized spacial score (nSPS) is 10.6. The molecule has 7 nitrogen and oxygen atoms in total. The second kappa shape index (κ2) is 7.89. The van der Waals surface area contributed by atoms with E-state index < -0.39 is 24.3 Å². The monoisotopic (exact) mass is 356 g/mol. The molecular weight excluding hydrogens is 343 g/mol. The summed E-state index contributed by atoms with van der Waals surface area (Å²) in [5.41, 5.74) is 0.0306. The van der Waals surface area contributed by atoms with Gasteiger partial charge in [-0.15, -0.1) is 0 Å². The minimum absolute atomic E-state index is 0.000413. The van der Waals surface area contributed by atoms with Gasteiger partial charge in [-0.05, 0) is 19.1 Å². The molecule has 1 heterocycles. The fourth-order valence-corrected chi connectivity index (χ4v) is 2.27. The molecule has 0 saturated carbocycles. The Bertz CT molecular complexity index is 742. The van der Waals surface area contributed by atoms with Crippen LogP contribution in [-0.2, 0) is 9.53 Å². The SMILES string of the molecule is Cc1onc(-c2c(F)cccc2Cl)c1C(=O)NCCOCC(=O)O. The predicted octanol–water partition coefficient (Wildman–Crippen LogP) is 2.27. The number of carboxylic acids is 1. The molecule has 9 heteroatoms. The van der Waals surface area contributed by atoms with Crippen LogP contribution in [0.1, 0.15) is 16.1 Å². The quantitative estimate of drug-likeness (QED) is 0.738. The van der Waals surface area contributed by atoms with Crippen molar-refractivity contribution in [3.05, 3.63) is 40.4 Å². The number of halogens is 2. The Morgan fingerprint density at radius 1 is 1.46 bits per heavy atom. The Labute approximate surface area is 141 Å². The Morgan fingerprint density at radius 2 is 2.21 bits per heavy atom. The molecule has 128 valence electrons. The van der Waals surface area contributed by atoms with Gasteiger partial charge in [0.05, 0.1) is 17.2 Å². The van der Waals surface area contributed by atoms with Crippen LogP contribution in [0.4, 0.5) is 4.39 Å². The maximum absolute atomic E-state index is 14.0. The van der Waals surface area contributed by atoms with Crippen molar-refractivity contribution in [1.82, 2.24) is 10.5 Å². The molecule has 1 aromatic carbocycles. The molecule has 0 aliphatic heterocycles. The standard InChI is InChI=1S/C15H14ClFN2O5/c1-8-12(15(22)18-5-6-23-7-11(20)21)14(19-24-8)13-9(16)3-2-4-10(13)17/h2-4H,5-7H2,1H3,(H,18,22)(H,20,21). The van der Waals surface area contributed by atoms with Crippen molar-refractivity contribution in [1.29, 1.82) is 0 Å². The van der Waals surface area contributed by atoms with Crippen molar-refractivity contribution >= 4 is 23.5 Å². The van der Waals surface area contributed by atoms with E-state index in [0.717, 1.165) is 0 Å². The molecule has 0 aliphatic carbocycles. The summed E-state index contributed by atoms with van der Waals surface area (Å²) < 4.78 is 23.9. The summed E-state index contributed by atoms with van der Waals surface area (Å²) in [6.45, 7) is 1.14. The summed E-state index contributed by atoms with van der Waals surface area (Å²) in [7, 11) is 0. The molecule has 1 amide bonds. The second-order valence-corrected chi connectivity index (χ2v) is 5.17. The van der Waals surface area contributed by atoms with Crippen LogP contribution in [0.15, 0.2) is 22.7 Å². The van der Waals surface area contributed by atoms with Crippen LogP contribution in [0.5, 0.6) is 0 Å². The first-order chi connectivity index (χ1) is 11.4. The van der Waals surface area contributed by atoms with Crippen LogP contribution in [0.3, 0.4) is 0 Å². The van der Waals surface area contributed by atoms with Gasteiger partial charge in [0, 0.05) is 6.54 Å². The fraction of sp³-hybridized carbons (Fsp3) is 0.267. The molecule has 24 heavy (non-hydrogen) atoms. The predicted molar refractivity (Wildman–Crippen MR) is 82.4 cm³/mol. The number of carbonyl (C=O) groups excluding carboxylic acids is 1. The number of hydrogen-bond donors (Lipinski definition) is 2. The number of ether oxygens (including phenoxy) is 1. The largest absolute Gasteiger partial charge is 0.480 e. The molecular formula is C15H14ClFN2O5. The molecule has 0 aliphatic rings. The third-order valence-electron chi connectivity index (χ3n) is 3.05. The smallest absolute Gasteiger partial charge is 0.329 e. The number of benzene rings is 1. The van der Waals surface area contributed by atoms with Crippen molar-refractivity contribution in [2.75, 3.05) is 19.8 Å². The van der Waals surface area contributed by atoms with Gasteiger partial charge in [-0.25, -0.2) is 9.18 Å². The van der Waals surface area contributed by atoms with Crippen molar-refractivity contribution in [2.24, 2.45) is 0 Å². The number of aryl methyl sites for hydroxylation is 1. The highest BCUT2D eigenvalue weighted by atomic mass is 35.5. The van der Waals surface area contributed by atoms with Crippen LogP contribution in [-0.4, -0.2) is 41.9 Å². The summed E-state index contributed by atoms with van der Waals surface area (Å²) in [6, 6.07) is 4.12. The van der Waals surface area contributed by atoms with Crippen molar-refractivity contribution in [3.63, 3.8) is 0 Å². The molecule has 0 spiro atoms. The first-order valence-corrected chi connectivity index (χ1v) is 7.28. The van der Waals surface area contributed by atoms with Crippen molar-refractivity contribution in [3.8, 4) is 11.3 Å². The fourth-order valence-electron chi connectivity index (χ4n) is 2.02. The minimum atomic E-state index is -1.10. The van der Waals surface area contributed by atoms with Crippen LogP contribution in [0.25, 0.3) is 11.3 Å². The molecule has 1 aromatic heterocycles. The van der Waals surface area contributed by atoms with Crippen LogP contribution in [0, 0.1) is 12.7 Å². The van der Waals surface area contributed by atoms with Crippen LogP contribution < -0.4 is 5.32 Å². The van der Waals surface area contributed by atoms with Gasteiger partial charge < -0.3 is 19.7 Å². The van der Waals surface area contributed by atoms with E-state index in [1.165, 1.54) is 25.1 Å². The average Bonchev–Trinajstić information content (AvgIpc) is 2.88. The molecule has 2 aromatic rings. The van der Waals surface area contributed by atoms with Gasteiger partial charge in [0.25, 0.3) is 5.91 Å². The van der Waals surface area contributed by atoms with E-state index in [9.17, 15) is 14.0 Å². The van der Waals surface area contributed by atoms with E-state index in [1.54, 1.807) is 0 Å². The van der Waals surface area contributed by atoms with Gasteiger partial charge in [-0.3, -0.25) is 4.79 Å². The second-order valence-electron chi connectivity index (χ2n) is 4.76. The summed E-state index contributed by atoms with van der Waals surface area (Å²) in [5, 5.41) is 14.8. The third kappa shape index (κ3) is 4.09. The summed E-state index contributed by atoms with van der Waals surface area (Å²) in [5.74, 6) is -2.09. The van der Waals surface area contributed by atoms with Gasteiger partial charge >= 0.3 is 5.97 Å². The summed E-state index contributed by atoms with van der Waals surface area (Å²) >= 11 is 6.00. The van der Waals surface area contributed by atoms with Crippen LogP contribution >= 0.6 is 11.6 Å². The number of aliphatic carboxylic acids is 1. The summed E-state index contributed by atoms with van der Waals surface area (Å²) in [4.78, 5) is 22.6. The van der Waals surface area contributed by atoms with Gasteiger partial charge in [0.1, 0.15) is 29.4 Å². The van der Waals surface area contributed by atoms with Crippen molar-refractivity contribution in [2.45, 2.75) is 6.92 Å². The van der Waals surface area contributed by atoms with E-state index in [-0.39, 0.29) is 40.8 Å². The van der Waals surface area contributed by atoms with Gasteiger partial charge in [-0.2, -0.15) is 0 Å². The molecule has 0 saturated heterocycles. The Balaban J connectivity index is 2.15. The van der Waals surface area contributed by atoms with E-state index in [1.807, 2.05) is 0 Å². The lowest BCUT2D eigenvalue weighted by molar-refractivity contribution is -0.142. The van der Waals surface area contributed by atoms with E-state index in [2.05, 4.69) is 10.5 Å². The average molecular weight is 357 g/mol. The van der Waals surface area contributed by atoms with E-state index in [0.29, 0.717) is 0 Å². The Hall–Kier alpha value is -2.45. The zero-order chi connectivity index (χ0) is 17.7. The van der Waals surface area contributed by atoms with Gasteiger partial charge in [0.15, 0.2) is 0 Å². The van der Waals surface area contributed by atoms with Crippen LogP contribution in [0.2, 0.25) is 5.02 Å². The first-order valence-electron chi connectivity index (χ1n) is 6.90. The molecule has 0 atom stereocenters. The van der Waals surface area contributed by atoms with E-state index >= 15 is 0 Å². The molecule has 2 rings (SSSR count). The topological polar surface area (TPSA) is 102 Å². The number of aromatic nitrogens is 1. The summed E-state index contributed by atoms with van der Waals surface area (Å²) in [6.07, 6.45) is 0.